The average molecular weight is 290 g/mol. The number of pyridine rings is 1. The minimum absolute atomic E-state index is 0.0270. The Bertz CT molecular complexity index is 548. The van der Waals surface area contributed by atoms with E-state index < -0.39 is 5.97 Å². The molecule has 1 fully saturated rings. The number of aromatic nitrogens is 1. The van der Waals surface area contributed by atoms with Crippen molar-refractivity contribution >= 4 is 18.0 Å². The fourth-order valence-electron chi connectivity index (χ4n) is 2.38. The third-order valence-electron chi connectivity index (χ3n) is 3.49. The molecule has 6 nitrogen and oxygen atoms in total. The summed E-state index contributed by atoms with van der Waals surface area (Å²) in [6.07, 6.45) is 6.39. The quantitative estimate of drug-likeness (QED) is 0.724. The summed E-state index contributed by atoms with van der Waals surface area (Å²) >= 11 is 0. The van der Waals surface area contributed by atoms with Gasteiger partial charge in [0.25, 0.3) is 5.91 Å². The van der Waals surface area contributed by atoms with Gasteiger partial charge in [0, 0.05) is 23.9 Å². The molecular weight excluding hydrogens is 272 g/mol. The van der Waals surface area contributed by atoms with Gasteiger partial charge in [0.05, 0.1) is 6.10 Å². The number of hydrogen-bond donors (Lipinski definition) is 3. The largest absolute Gasteiger partial charge is 0.478 e. The molecule has 1 heterocycles. The number of hydrogen-bond acceptors (Lipinski definition) is 4. The van der Waals surface area contributed by atoms with E-state index in [0.717, 1.165) is 18.9 Å². The highest BCUT2D eigenvalue weighted by atomic mass is 16.4. The van der Waals surface area contributed by atoms with Gasteiger partial charge in [0.2, 0.25) is 0 Å². The van der Waals surface area contributed by atoms with Crippen molar-refractivity contribution in [3.63, 3.8) is 0 Å². The van der Waals surface area contributed by atoms with Crippen LogP contribution in [0.1, 0.15) is 41.7 Å². The summed E-state index contributed by atoms with van der Waals surface area (Å²) in [6, 6.07) is 3.32. The Balaban J connectivity index is 2.07. The summed E-state index contributed by atoms with van der Waals surface area (Å²) in [5, 5.41) is 21.0. The van der Waals surface area contributed by atoms with Crippen molar-refractivity contribution in [1.29, 1.82) is 0 Å². The molecule has 0 atom stereocenters. The highest BCUT2D eigenvalue weighted by molar-refractivity contribution is 5.97. The minimum Gasteiger partial charge on any atom is -0.478 e. The zero-order valence-corrected chi connectivity index (χ0v) is 11.5. The number of aliphatic hydroxyl groups is 1. The van der Waals surface area contributed by atoms with Gasteiger partial charge in [-0.15, -0.1) is 0 Å². The molecule has 1 aromatic rings. The van der Waals surface area contributed by atoms with Gasteiger partial charge < -0.3 is 15.5 Å². The molecule has 0 spiro atoms. The summed E-state index contributed by atoms with van der Waals surface area (Å²) < 4.78 is 0. The number of aliphatic carboxylic acids is 1. The van der Waals surface area contributed by atoms with Crippen molar-refractivity contribution in [1.82, 2.24) is 10.3 Å². The lowest BCUT2D eigenvalue weighted by atomic mass is 9.93. The number of carbonyl (C=O) groups is 2. The predicted molar refractivity (Wildman–Crippen MR) is 76.6 cm³/mol. The van der Waals surface area contributed by atoms with Gasteiger partial charge in [-0.1, -0.05) is 6.07 Å². The van der Waals surface area contributed by atoms with Crippen molar-refractivity contribution in [2.45, 2.75) is 37.8 Å². The zero-order valence-electron chi connectivity index (χ0n) is 11.5. The first-order valence-corrected chi connectivity index (χ1v) is 6.91. The van der Waals surface area contributed by atoms with E-state index in [1.807, 2.05) is 0 Å². The van der Waals surface area contributed by atoms with Crippen LogP contribution in [0.2, 0.25) is 0 Å². The molecule has 2 rings (SSSR count). The third-order valence-corrected chi connectivity index (χ3v) is 3.49. The number of aliphatic hydroxyl groups excluding tert-OH is 1. The van der Waals surface area contributed by atoms with Crippen molar-refractivity contribution in [2.75, 3.05) is 0 Å². The molecule has 112 valence electrons. The minimum atomic E-state index is -1.08. The molecule has 3 N–H and O–H groups in total. The fraction of sp³-hybridized carbons (Fsp3) is 0.400. The lowest BCUT2D eigenvalue weighted by Gasteiger charge is -2.26. The van der Waals surface area contributed by atoms with Crippen LogP contribution in [0.25, 0.3) is 6.08 Å². The van der Waals surface area contributed by atoms with Crippen LogP contribution >= 0.6 is 0 Å². The van der Waals surface area contributed by atoms with Gasteiger partial charge in [-0.3, -0.25) is 9.78 Å². The average Bonchev–Trinajstić information content (AvgIpc) is 2.47. The fourth-order valence-corrected chi connectivity index (χ4v) is 2.38. The Morgan fingerprint density at radius 3 is 2.67 bits per heavy atom. The van der Waals surface area contributed by atoms with E-state index in [1.54, 1.807) is 12.1 Å². The normalized spacial score (nSPS) is 22.1. The van der Waals surface area contributed by atoms with E-state index in [-0.39, 0.29) is 23.7 Å². The molecule has 0 radical (unpaired) electrons. The second-order valence-electron chi connectivity index (χ2n) is 5.09. The number of rotatable bonds is 4. The SMILES string of the molecule is O=C(O)/C=C/c1cccnc1C(=O)NC1CCC(O)CC1. The highest BCUT2D eigenvalue weighted by Crippen LogP contribution is 2.19. The Labute approximate surface area is 122 Å². The molecule has 1 saturated carbocycles. The number of nitrogens with one attached hydrogen (secondary N) is 1. The van der Waals surface area contributed by atoms with E-state index in [9.17, 15) is 14.7 Å². The number of carbonyl (C=O) groups excluding carboxylic acids is 1. The molecular formula is C15H18N2O4. The maximum atomic E-state index is 12.2. The smallest absolute Gasteiger partial charge is 0.328 e. The second-order valence-corrected chi connectivity index (χ2v) is 5.09. The Morgan fingerprint density at radius 1 is 1.29 bits per heavy atom. The van der Waals surface area contributed by atoms with Crippen molar-refractivity contribution in [2.24, 2.45) is 0 Å². The summed E-state index contributed by atoms with van der Waals surface area (Å²) in [4.78, 5) is 26.8. The van der Waals surface area contributed by atoms with Crippen LogP contribution in [0.15, 0.2) is 24.4 Å². The zero-order chi connectivity index (χ0) is 15.2. The van der Waals surface area contributed by atoms with E-state index in [4.69, 9.17) is 5.11 Å². The topological polar surface area (TPSA) is 99.5 Å². The molecule has 1 aromatic heterocycles. The molecule has 0 saturated heterocycles. The van der Waals surface area contributed by atoms with Crippen LogP contribution in [0.3, 0.4) is 0 Å². The van der Waals surface area contributed by atoms with Gasteiger partial charge in [-0.05, 0) is 37.8 Å². The number of nitrogens with zero attached hydrogens (tertiary/aromatic N) is 1. The summed E-state index contributed by atoms with van der Waals surface area (Å²) in [5.74, 6) is -1.39. The first-order valence-electron chi connectivity index (χ1n) is 6.91. The van der Waals surface area contributed by atoms with E-state index in [2.05, 4.69) is 10.3 Å². The molecule has 1 aliphatic rings. The van der Waals surface area contributed by atoms with Crippen molar-refractivity contribution < 1.29 is 19.8 Å². The molecule has 21 heavy (non-hydrogen) atoms. The lowest BCUT2D eigenvalue weighted by Crippen LogP contribution is -2.39. The van der Waals surface area contributed by atoms with Crippen molar-refractivity contribution in [3.05, 3.63) is 35.7 Å². The lowest BCUT2D eigenvalue weighted by molar-refractivity contribution is -0.131. The molecule has 0 aliphatic heterocycles. The second kappa shape index (κ2) is 6.99. The van der Waals surface area contributed by atoms with Gasteiger partial charge >= 0.3 is 5.97 Å². The number of amides is 1. The van der Waals surface area contributed by atoms with E-state index >= 15 is 0 Å². The van der Waals surface area contributed by atoms with Gasteiger partial charge in [0.1, 0.15) is 5.69 Å². The van der Waals surface area contributed by atoms with Gasteiger partial charge in [0.15, 0.2) is 0 Å². The van der Waals surface area contributed by atoms with Crippen LogP contribution in [-0.2, 0) is 4.79 Å². The summed E-state index contributed by atoms with van der Waals surface area (Å²) in [7, 11) is 0. The molecule has 1 amide bonds. The molecule has 1 aliphatic carbocycles. The first-order chi connectivity index (χ1) is 10.1. The van der Waals surface area contributed by atoms with Crippen LogP contribution in [0.5, 0.6) is 0 Å². The van der Waals surface area contributed by atoms with Crippen LogP contribution in [-0.4, -0.2) is 39.2 Å². The van der Waals surface area contributed by atoms with Gasteiger partial charge in [-0.2, -0.15) is 0 Å². The monoisotopic (exact) mass is 290 g/mol. The van der Waals surface area contributed by atoms with E-state index in [1.165, 1.54) is 12.3 Å². The Kier molecular flexibility index (Phi) is 5.05. The molecule has 6 heteroatoms. The predicted octanol–water partition coefficient (Wildman–Crippen LogP) is 1.21. The molecule has 0 bridgehead atoms. The van der Waals surface area contributed by atoms with Crippen LogP contribution in [0.4, 0.5) is 0 Å². The molecule has 0 unspecified atom stereocenters. The third kappa shape index (κ3) is 4.39. The number of carboxylic acids is 1. The maximum absolute atomic E-state index is 12.2. The van der Waals surface area contributed by atoms with Crippen LogP contribution < -0.4 is 5.32 Å². The first kappa shape index (κ1) is 15.2. The standard InChI is InChI=1S/C15H18N2O4/c18-12-6-4-11(5-7-12)17-15(21)14-10(2-1-9-16-14)3-8-13(19)20/h1-3,8-9,11-12,18H,4-7H2,(H,17,21)(H,19,20)/b8-3+. The van der Waals surface area contributed by atoms with Crippen molar-refractivity contribution in [3.8, 4) is 0 Å². The Morgan fingerprint density at radius 2 is 2.00 bits per heavy atom. The summed E-state index contributed by atoms with van der Waals surface area (Å²) in [5.41, 5.74) is 0.675. The highest BCUT2D eigenvalue weighted by Gasteiger charge is 2.22. The van der Waals surface area contributed by atoms with Crippen LogP contribution in [0, 0.1) is 0 Å². The summed E-state index contributed by atoms with van der Waals surface area (Å²) in [6.45, 7) is 0. The Hall–Kier alpha value is -2.21. The maximum Gasteiger partial charge on any atom is 0.328 e. The molecule has 0 aromatic carbocycles. The van der Waals surface area contributed by atoms with E-state index in [0.29, 0.717) is 18.4 Å². The number of carboxylic acid groups (broad SMARTS) is 1. The van der Waals surface area contributed by atoms with Gasteiger partial charge in [-0.25, -0.2) is 4.79 Å².